The van der Waals surface area contributed by atoms with Crippen LogP contribution in [0.25, 0.3) is 21.9 Å². The van der Waals surface area contributed by atoms with Crippen molar-refractivity contribution in [3.05, 3.63) is 173 Å². The van der Waals surface area contributed by atoms with Gasteiger partial charge in [0.1, 0.15) is 0 Å². The van der Waals surface area contributed by atoms with E-state index in [9.17, 15) is 13.5 Å². The Morgan fingerprint density at radius 1 is 0.717 bits per heavy atom. The number of benzene rings is 6. The smallest absolute Gasteiger partial charge is 0.240 e. The first-order valence-corrected chi connectivity index (χ1v) is 19.6. The molecule has 1 aliphatic heterocycles. The summed E-state index contributed by atoms with van der Waals surface area (Å²) in [5.74, 6) is 0.0545. The number of fused-ring (bicyclic) bond motifs is 1. The van der Waals surface area contributed by atoms with E-state index in [4.69, 9.17) is 9.47 Å². The quantitative estimate of drug-likeness (QED) is 0.131. The van der Waals surface area contributed by atoms with Crippen molar-refractivity contribution in [1.82, 2.24) is 9.62 Å². The van der Waals surface area contributed by atoms with Crippen LogP contribution < -0.4 is 4.72 Å². The summed E-state index contributed by atoms with van der Waals surface area (Å²) in [6.45, 7) is 5.31. The van der Waals surface area contributed by atoms with Crippen LogP contribution in [0.3, 0.4) is 0 Å². The molecule has 0 saturated carbocycles. The van der Waals surface area contributed by atoms with Crippen LogP contribution in [0.5, 0.6) is 0 Å². The maximum Gasteiger partial charge on any atom is 0.240 e. The molecule has 0 aliphatic carbocycles. The molecule has 0 unspecified atom stereocenters. The number of likely N-dealkylation sites (N-methyl/N-ethyl adjacent to an activating group) is 1. The first-order chi connectivity index (χ1) is 25.7. The lowest BCUT2D eigenvalue weighted by atomic mass is 9.89. The van der Waals surface area contributed by atoms with Crippen LogP contribution >= 0.6 is 0 Å². The van der Waals surface area contributed by atoms with Gasteiger partial charge in [-0.3, -0.25) is 4.90 Å². The number of aliphatic hydroxyl groups is 1. The lowest BCUT2D eigenvalue weighted by Gasteiger charge is -2.43. The fourth-order valence-corrected chi connectivity index (χ4v) is 8.09. The van der Waals surface area contributed by atoms with Gasteiger partial charge in [-0.25, -0.2) is 13.1 Å². The monoisotopic (exact) mass is 726 g/mol. The number of hydrogen-bond donors (Lipinski definition) is 2. The highest BCUT2D eigenvalue weighted by molar-refractivity contribution is 7.89. The minimum atomic E-state index is -3.62. The van der Waals surface area contributed by atoms with Crippen molar-refractivity contribution in [3.8, 4) is 11.1 Å². The van der Waals surface area contributed by atoms with E-state index in [1.807, 2.05) is 60.7 Å². The second-order valence-electron chi connectivity index (χ2n) is 14.0. The van der Waals surface area contributed by atoms with Gasteiger partial charge >= 0.3 is 0 Å². The SMILES string of the molecule is C[C@@H]1[C@H](CN(C)[C@H](C)c2ccc3ccccc3c2)O[C@H](c2ccc(-c3cccc(CNS(=O)(=O)c4ccccc4)c3)cc2)O[C@@H]1c1ccc(CO)cc1. The van der Waals surface area contributed by atoms with E-state index < -0.39 is 16.3 Å². The molecule has 0 aromatic heterocycles. The summed E-state index contributed by atoms with van der Waals surface area (Å²) < 4.78 is 41.8. The molecule has 1 saturated heterocycles. The van der Waals surface area contributed by atoms with Crippen molar-refractivity contribution >= 4 is 20.8 Å². The topological polar surface area (TPSA) is 88.1 Å². The van der Waals surface area contributed by atoms with Gasteiger partial charge < -0.3 is 14.6 Å². The van der Waals surface area contributed by atoms with Crippen molar-refractivity contribution in [1.29, 1.82) is 0 Å². The van der Waals surface area contributed by atoms with Gasteiger partial charge in [-0.2, -0.15) is 0 Å². The Kier molecular flexibility index (Phi) is 11.2. The molecule has 1 heterocycles. The Labute approximate surface area is 312 Å². The van der Waals surface area contributed by atoms with E-state index in [1.165, 1.54) is 16.3 Å². The molecular weight excluding hydrogens is 681 g/mol. The van der Waals surface area contributed by atoms with Gasteiger partial charge in [-0.15, -0.1) is 0 Å². The summed E-state index contributed by atoms with van der Waals surface area (Å²) in [5.41, 5.74) is 6.93. The summed E-state index contributed by atoms with van der Waals surface area (Å²) in [4.78, 5) is 2.60. The first kappa shape index (κ1) is 36.7. The van der Waals surface area contributed by atoms with Crippen LogP contribution in [0.4, 0.5) is 0 Å². The van der Waals surface area contributed by atoms with Gasteiger partial charge in [0.15, 0.2) is 6.29 Å². The summed E-state index contributed by atoms with van der Waals surface area (Å²) in [7, 11) is -1.46. The summed E-state index contributed by atoms with van der Waals surface area (Å²) in [6.07, 6.45) is -0.928. The molecular formula is C45H46N2O5S. The van der Waals surface area contributed by atoms with E-state index in [2.05, 4.69) is 85.1 Å². The highest BCUT2D eigenvalue weighted by atomic mass is 32.2. The molecule has 2 N–H and O–H groups in total. The van der Waals surface area contributed by atoms with E-state index in [1.54, 1.807) is 30.3 Å². The molecule has 0 bridgehead atoms. The Hall–Kier alpha value is -4.67. The van der Waals surface area contributed by atoms with E-state index in [-0.39, 0.29) is 42.2 Å². The Bertz CT molecular complexity index is 2240. The molecule has 7 rings (SSSR count). The Morgan fingerprint density at radius 2 is 1.42 bits per heavy atom. The van der Waals surface area contributed by atoms with Gasteiger partial charge in [0.05, 0.1) is 23.7 Å². The Balaban J connectivity index is 1.09. The molecule has 1 fully saturated rings. The average Bonchev–Trinajstić information content (AvgIpc) is 3.21. The number of sulfonamides is 1. The molecule has 0 spiro atoms. The van der Waals surface area contributed by atoms with Crippen LogP contribution in [0.15, 0.2) is 150 Å². The minimum absolute atomic E-state index is 0.00820. The normalized spacial score (nSPS) is 19.7. The number of ether oxygens (including phenoxy) is 2. The second-order valence-corrected chi connectivity index (χ2v) is 15.8. The average molecular weight is 727 g/mol. The van der Waals surface area contributed by atoms with Gasteiger partial charge in [0, 0.05) is 30.6 Å². The molecule has 7 nitrogen and oxygen atoms in total. The molecule has 6 aromatic rings. The molecule has 272 valence electrons. The Morgan fingerprint density at radius 3 is 2.15 bits per heavy atom. The van der Waals surface area contributed by atoms with E-state index in [0.717, 1.165) is 33.4 Å². The fraction of sp³-hybridized carbons (Fsp3) is 0.244. The standard InChI is InChI=1S/C45H46N2O5S/c1-31-43(29-47(3)32(2)39-25-22-35-11-7-8-12-41(35)27-39)51-45(52-44(31)37-18-16-33(30-48)17-19-37)38-23-20-36(21-24-38)40-13-9-10-34(26-40)28-46-53(49,50)42-14-5-4-6-15-42/h4-27,31-32,43-46,48H,28-30H2,1-3H3/t31-,32-,43+,44+,45+/m1/s1. The third-order valence-electron chi connectivity index (χ3n) is 10.5. The van der Waals surface area contributed by atoms with Crippen LogP contribution in [0, 0.1) is 5.92 Å². The maximum atomic E-state index is 12.8. The zero-order valence-electron chi connectivity index (χ0n) is 30.3. The van der Waals surface area contributed by atoms with Crippen molar-refractivity contribution in [3.63, 3.8) is 0 Å². The van der Waals surface area contributed by atoms with Gasteiger partial charge in [0.25, 0.3) is 0 Å². The number of nitrogens with zero attached hydrogens (tertiary/aromatic N) is 1. The minimum Gasteiger partial charge on any atom is -0.392 e. The van der Waals surface area contributed by atoms with Gasteiger partial charge in [-0.05, 0) is 82.4 Å². The predicted molar refractivity (Wildman–Crippen MR) is 210 cm³/mol. The summed E-state index contributed by atoms with van der Waals surface area (Å²) >= 11 is 0. The second kappa shape index (κ2) is 16.1. The summed E-state index contributed by atoms with van der Waals surface area (Å²) in [6, 6.07) is 47.8. The fourth-order valence-electron chi connectivity index (χ4n) is 7.05. The largest absolute Gasteiger partial charge is 0.392 e. The molecule has 6 aromatic carbocycles. The molecule has 0 amide bonds. The van der Waals surface area contributed by atoms with Crippen LogP contribution in [-0.4, -0.2) is 38.1 Å². The first-order valence-electron chi connectivity index (χ1n) is 18.1. The molecule has 8 heteroatoms. The third-order valence-corrected chi connectivity index (χ3v) is 11.9. The molecule has 5 atom stereocenters. The molecule has 0 radical (unpaired) electrons. The van der Waals surface area contributed by atoms with Crippen molar-refractivity contribution < 1.29 is 23.0 Å². The summed E-state index contributed by atoms with van der Waals surface area (Å²) in [5, 5.41) is 12.1. The zero-order valence-corrected chi connectivity index (χ0v) is 31.1. The van der Waals surface area contributed by atoms with Crippen LogP contribution in [-0.2, 0) is 32.6 Å². The zero-order chi connectivity index (χ0) is 37.0. The van der Waals surface area contributed by atoms with Crippen LogP contribution in [0.2, 0.25) is 0 Å². The van der Waals surface area contributed by atoms with Crippen molar-refractivity contribution in [2.45, 2.75) is 56.4 Å². The number of nitrogens with one attached hydrogen (secondary N) is 1. The molecule has 53 heavy (non-hydrogen) atoms. The van der Waals surface area contributed by atoms with Crippen molar-refractivity contribution in [2.75, 3.05) is 13.6 Å². The van der Waals surface area contributed by atoms with Crippen molar-refractivity contribution in [2.24, 2.45) is 5.92 Å². The third kappa shape index (κ3) is 8.44. The highest BCUT2D eigenvalue weighted by Crippen LogP contribution is 2.42. The van der Waals surface area contributed by atoms with Gasteiger partial charge in [0.2, 0.25) is 10.0 Å². The predicted octanol–water partition coefficient (Wildman–Crippen LogP) is 8.96. The number of aliphatic hydroxyl groups excluding tert-OH is 1. The van der Waals surface area contributed by atoms with E-state index in [0.29, 0.717) is 6.54 Å². The number of rotatable bonds is 12. The van der Waals surface area contributed by atoms with Gasteiger partial charge in [-0.1, -0.05) is 128 Å². The number of hydrogen-bond acceptors (Lipinski definition) is 6. The van der Waals surface area contributed by atoms with Crippen LogP contribution in [0.1, 0.15) is 60.1 Å². The van der Waals surface area contributed by atoms with E-state index >= 15 is 0 Å². The highest BCUT2D eigenvalue weighted by Gasteiger charge is 2.39. The lowest BCUT2D eigenvalue weighted by Crippen LogP contribution is -2.44. The molecule has 1 aliphatic rings. The maximum absolute atomic E-state index is 12.8. The lowest BCUT2D eigenvalue weighted by molar-refractivity contribution is -0.276.